The second-order valence-electron chi connectivity index (χ2n) is 3.41. The monoisotopic (exact) mass is 196 g/mol. The maximum absolute atomic E-state index is 11.7. The maximum atomic E-state index is 11.7. The average molecular weight is 196 g/mol. The number of rotatable bonds is 0. The van der Waals surface area contributed by atoms with E-state index in [-0.39, 0.29) is 0 Å². The van der Waals surface area contributed by atoms with Gasteiger partial charge in [0.25, 0.3) is 0 Å². The van der Waals surface area contributed by atoms with E-state index in [1.165, 1.54) is 0 Å². The molecule has 3 aromatic rings. The van der Waals surface area contributed by atoms with Gasteiger partial charge in [-0.3, -0.25) is 4.98 Å². The van der Waals surface area contributed by atoms with Crippen LogP contribution in [0.25, 0.3) is 21.8 Å². The normalized spacial score (nSPS) is 10.9. The van der Waals surface area contributed by atoms with Crippen LogP contribution >= 0.6 is 0 Å². The van der Waals surface area contributed by atoms with Crippen molar-refractivity contribution in [2.75, 3.05) is 0 Å². The molecule has 3 rings (SSSR count). The molecule has 2 aromatic heterocycles. The topological polar surface area (TPSA) is 39.8 Å². The van der Waals surface area contributed by atoms with Crippen LogP contribution in [0.1, 0.15) is 0 Å². The van der Waals surface area contributed by atoms with Crippen LogP contribution in [-0.2, 0) is 0 Å². The summed E-state index contributed by atoms with van der Waals surface area (Å²) in [4.78, 5) is 4.30. The highest BCUT2D eigenvalue weighted by Crippen LogP contribution is 2.19. The van der Waals surface area contributed by atoms with E-state index in [1.807, 2.05) is 30.3 Å². The Bertz CT molecular complexity index is 649. The van der Waals surface area contributed by atoms with Gasteiger partial charge in [0.15, 0.2) is 6.20 Å². The summed E-state index contributed by atoms with van der Waals surface area (Å²) in [5.74, 6) is 0. The van der Waals surface area contributed by atoms with E-state index in [1.54, 1.807) is 18.5 Å². The van der Waals surface area contributed by atoms with E-state index in [0.717, 1.165) is 21.0 Å². The van der Waals surface area contributed by atoms with Crippen molar-refractivity contribution in [1.29, 1.82) is 0 Å². The number of aromatic nitrogens is 2. The summed E-state index contributed by atoms with van der Waals surface area (Å²) in [6, 6.07) is 11.2. The van der Waals surface area contributed by atoms with Gasteiger partial charge in [-0.25, -0.2) is 0 Å². The van der Waals surface area contributed by atoms with Crippen LogP contribution in [0.4, 0.5) is 0 Å². The smallest absolute Gasteiger partial charge is 0.225 e. The van der Waals surface area contributed by atoms with E-state index in [4.69, 9.17) is 0 Å². The summed E-state index contributed by atoms with van der Waals surface area (Å²) in [7, 11) is 0. The van der Waals surface area contributed by atoms with Crippen molar-refractivity contribution >= 4 is 21.8 Å². The summed E-state index contributed by atoms with van der Waals surface area (Å²) in [5.41, 5.74) is 1.53. The van der Waals surface area contributed by atoms with Crippen LogP contribution in [0.15, 0.2) is 48.8 Å². The molecule has 2 heterocycles. The third-order valence-corrected chi connectivity index (χ3v) is 2.49. The van der Waals surface area contributed by atoms with Crippen LogP contribution in [0, 0.1) is 5.21 Å². The van der Waals surface area contributed by atoms with Crippen LogP contribution in [0.3, 0.4) is 0 Å². The molecule has 3 nitrogen and oxygen atoms in total. The lowest BCUT2D eigenvalue weighted by Crippen LogP contribution is -2.26. The van der Waals surface area contributed by atoms with Crippen LogP contribution in [-0.4, -0.2) is 4.98 Å². The Morgan fingerprint density at radius 1 is 1.07 bits per heavy atom. The maximum Gasteiger partial charge on any atom is 0.225 e. The predicted octanol–water partition coefficient (Wildman–Crippen LogP) is 2.02. The molecule has 0 saturated heterocycles. The summed E-state index contributed by atoms with van der Waals surface area (Å²) < 4.78 is 0.888. The predicted molar refractivity (Wildman–Crippen MR) is 58.2 cm³/mol. The standard InChI is InChI=1S/C12H8N2O/c15-14-8-9-4-3-7-13-12(9)10-5-1-2-6-11(10)14/h1-8H. The lowest BCUT2D eigenvalue weighted by Gasteiger charge is -2.03. The SMILES string of the molecule is [O-][n+]1cc2cccnc2c2ccccc21. The molecule has 0 bridgehead atoms. The van der Waals surface area contributed by atoms with E-state index < -0.39 is 0 Å². The molecular formula is C12H8N2O. The van der Waals surface area contributed by atoms with Crippen molar-refractivity contribution in [3.63, 3.8) is 0 Å². The molecule has 72 valence electrons. The lowest BCUT2D eigenvalue weighted by molar-refractivity contribution is -0.575. The molecule has 0 atom stereocenters. The average Bonchev–Trinajstić information content (AvgIpc) is 2.30. The van der Waals surface area contributed by atoms with Gasteiger partial charge in [-0.05, 0) is 18.2 Å². The number of pyridine rings is 2. The molecule has 3 heteroatoms. The minimum Gasteiger partial charge on any atom is -0.618 e. The molecule has 0 amide bonds. The molecule has 0 radical (unpaired) electrons. The fraction of sp³-hybridized carbons (Fsp3) is 0. The van der Waals surface area contributed by atoms with Crippen molar-refractivity contribution in [2.45, 2.75) is 0 Å². The Kier molecular flexibility index (Phi) is 1.59. The van der Waals surface area contributed by atoms with Gasteiger partial charge in [-0.2, -0.15) is 4.73 Å². The molecule has 0 aliphatic rings. The first-order valence-electron chi connectivity index (χ1n) is 4.72. The van der Waals surface area contributed by atoms with Crippen molar-refractivity contribution in [1.82, 2.24) is 4.98 Å². The molecule has 0 aliphatic carbocycles. The lowest BCUT2D eigenvalue weighted by atomic mass is 10.1. The van der Waals surface area contributed by atoms with Gasteiger partial charge >= 0.3 is 0 Å². The molecule has 0 spiro atoms. The molecule has 0 N–H and O–H groups in total. The molecule has 0 saturated carbocycles. The zero-order valence-corrected chi connectivity index (χ0v) is 7.92. The molecule has 0 unspecified atom stereocenters. The molecule has 15 heavy (non-hydrogen) atoms. The van der Waals surface area contributed by atoms with Gasteiger partial charge < -0.3 is 5.21 Å². The van der Waals surface area contributed by atoms with E-state index in [0.29, 0.717) is 5.52 Å². The highest BCUT2D eigenvalue weighted by molar-refractivity contribution is 6.00. The second kappa shape index (κ2) is 2.92. The number of hydrogen-bond donors (Lipinski definition) is 0. The van der Waals surface area contributed by atoms with Gasteiger partial charge in [0.1, 0.15) is 0 Å². The van der Waals surface area contributed by atoms with Crippen molar-refractivity contribution in [3.8, 4) is 0 Å². The highest BCUT2D eigenvalue weighted by atomic mass is 16.5. The number of hydrogen-bond acceptors (Lipinski definition) is 2. The minimum absolute atomic E-state index is 0.656. The van der Waals surface area contributed by atoms with Crippen molar-refractivity contribution < 1.29 is 4.73 Å². The number of benzene rings is 1. The molecule has 1 aromatic carbocycles. The largest absolute Gasteiger partial charge is 0.618 e. The number of fused-ring (bicyclic) bond motifs is 3. The first-order chi connectivity index (χ1) is 7.36. The summed E-state index contributed by atoms with van der Waals surface area (Å²) >= 11 is 0. The molecule has 0 aliphatic heterocycles. The van der Waals surface area contributed by atoms with Crippen molar-refractivity contribution in [3.05, 3.63) is 54.0 Å². The fourth-order valence-corrected chi connectivity index (χ4v) is 1.81. The highest BCUT2D eigenvalue weighted by Gasteiger charge is 2.08. The third-order valence-electron chi connectivity index (χ3n) is 2.49. The Morgan fingerprint density at radius 2 is 1.93 bits per heavy atom. The zero-order chi connectivity index (χ0) is 10.3. The van der Waals surface area contributed by atoms with Gasteiger partial charge in [0.2, 0.25) is 5.52 Å². The number of para-hydroxylation sites is 1. The van der Waals surface area contributed by atoms with Gasteiger partial charge in [-0.15, -0.1) is 0 Å². The Morgan fingerprint density at radius 3 is 2.87 bits per heavy atom. The van der Waals surface area contributed by atoms with Crippen LogP contribution in [0.2, 0.25) is 0 Å². The van der Waals surface area contributed by atoms with Gasteiger partial charge in [0, 0.05) is 12.3 Å². The second-order valence-corrected chi connectivity index (χ2v) is 3.41. The summed E-state index contributed by atoms with van der Waals surface area (Å²) in [6.07, 6.45) is 3.30. The van der Waals surface area contributed by atoms with E-state index in [2.05, 4.69) is 4.98 Å². The van der Waals surface area contributed by atoms with Crippen molar-refractivity contribution in [2.24, 2.45) is 0 Å². The van der Waals surface area contributed by atoms with E-state index >= 15 is 0 Å². The zero-order valence-electron chi connectivity index (χ0n) is 7.92. The summed E-state index contributed by atoms with van der Waals surface area (Å²) in [5, 5.41) is 13.4. The minimum atomic E-state index is 0.656. The van der Waals surface area contributed by atoms with Crippen LogP contribution < -0.4 is 4.73 Å². The van der Waals surface area contributed by atoms with Gasteiger partial charge in [0.05, 0.1) is 16.3 Å². The Hall–Kier alpha value is -2.16. The van der Waals surface area contributed by atoms with E-state index in [9.17, 15) is 5.21 Å². The van der Waals surface area contributed by atoms with Gasteiger partial charge in [-0.1, -0.05) is 12.1 Å². The fourth-order valence-electron chi connectivity index (χ4n) is 1.81. The molecule has 0 fully saturated rings. The first-order valence-corrected chi connectivity index (χ1v) is 4.72. The Labute approximate surface area is 86.2 Å². The first kappa shape index (κ1) is 8.17. The summed E-state index contributed by atoms with van der Waals surface area (Å²) in [6.45, 7) is 0. The third kappa shape index (κ3) is 1.13. The number of nitrogens with zero attached hydrogens (tertiary/aromatic N) is 2. The molecular weight excluding hydrogens is 188 g/mol. The Balaban J connectivity index is 2.64. The van der Waals surface area contributed by atoms with Crippen LogP contribution in [0.5, 0.6) is 0 Å². The quantitative estimate of drug-likeness (QED) is 0.313.